The van der Waals surface area contributed by atoms with Crippen molar-refractivity contribution in [3.63, 3.8) is 0 Å². The van der Waals surface area contributed by atoms with E-state index in [0.29, 0.717) is 11.4 Å². The first-order chi connectivity index (χ1) is 8.38. The minimum atomic E-state index is -1.05. The molecule has 98 valence electrons. The summed E-state index contributed by atoms with van der Waals surface area (Å²) in [5.74, 6) is -0.722. The number of ether oxygens (including phenoxy) is 1. The molecule has 0 atom stereocenters. The molecular weight excluding hydrogens is 240 g/mol. The van der Waals surface area contributed by atoms with Gasteiger partial charge >= 0.3 is 5.97 Å². The van der Waals surface area contributed by atoms with Crippen molar-refractivity contribution in [2.45, 2.75) is 20.0 Å². The van der Waals surface area contributed by atoms with Crippen LogP contribution in [0.2, 0.25) is 0 Å². The Labute approximate surface area is 104 Å². The van der Waals surface area contributed by atoms with Gasteiger partial charge in [-0.15, -0.1) is 0 Å². The zero-order chi connectivity index (χ0) is 13.7. The molecule has 0 aliphatic heterocycles. The maximum atomic E-state index is 10.7. The Morgan fingerprint density at radius 2 is 2.17 bits per heavy atom. The number of nitrogens with one attached hydrogen (secondary N) is 1. The van der Waals surface area contributed by atoms with Crippen LogP contribution in [0.5, 0.6) is 5.75 Å². The van der Waals surface area contributed by atoms with E-state index < -0.39 is 10.9 Å². The maximum absolute atomic E-state index is 10.7. The van der Waals surface area contributed by atoms with E-state index in [-0.39, 0.29) is 18.3 Å². The minimum Gasteiger partial charge on any atom is -0.491 e. The van der Waals surface area contributed by atoms with Gasteiger partial charge in [-0.1, -0.05) is 0 Å². The molecule has 1 rings (SSSR count). The molecule has 0 bridgehead atoms. The number of hydrogen-bond donors (Lipinski definition) is 2. The van der Waals surface area contributed by atoms with Crippen LogP contribution in [-0.2, 0) is 4.79 Å². The summed E-state index contributed by atoms with van der Waals surface area (Å²) in [5.41, 5.74) is 0.184. The van der Waals surface area contributed by atoms with Crippen LogP contribution in [-0.4, -0.2) is 28.6 Å². The van der Waals surface area contributed by atoms with E-state index in [4.69, 9.17) is 9.84 Å². The Bertz CT molecular complexity index is 459. The summed E-state index contributed by atoms with van der Waals surface area (Å²) in [5, 5.41) is 21.8. The van der Waals surface area contributed by atoms with Crippen molar-refractivity contribution < 1.29 is 19.6 Å². The maximum Gasteiger partial charge on any atom is 0.322 e. The van der Waals surface area contributed by atoms with E-state index >= 15 is 0 Å². The van der Waals surface area contributed by atoms with Gasteiger partial charge in [0.15, 0.2) is 0 Å². The topological polar surface area (TPSA) is 102 Å². The summed E-state index contributed by atoms with van der Waals surface area (Å²) in [6.07, 6.45) is -0.126. The number of carboxylic acids is 1. The number of aliphatic carboxylic acids is 1. The van der Waals surface area contributed by atoms with Crippen molar-refractivity contribution in [1.82, 2.24) is 0 Å². The fourth-order valence-electron chi connectivity index (χ4n) is 1.31. The van der Waals surface area contributed by atoms with E-state index in [9.17, 15) is 14.9 Å². The molecule has 0 aromatic heterocycles. The number of benzene rings is 1. The van der Waals surface area contributed by atoms with Crippen LogP contribution in [0.3, 0.4) is 0 Å². The summed E-state index contributed by atoms with van der Waals surface area (Å²) in [4.78, 5) is 20.6. The molecule has 18 heavy (non-hydrogen) atoms. The molecule has 0 spiro atoms. The van der Waals surface area contributed by atoms with Crippen LogP contribution in [0.1, 0.15) is 13.8 Å². The molecule has 0 aliphatic rings. The van der Waals surface area contributed by atoms with Gasteiger partial charge in [0.05, 0.1) is 17.1 Å². The predicted octanol–water partition coefficient (Wildman–Crippen LogP) is 1.88. The van der Waals surface area contributed by atoms with Gasteiger partial charge in [0.2, 0.25) is 0 Å². The monoisotopic (exact) mass is 254 g/mol. The van der Waals surface area contributed by atoms with Crippen molar-refractivity contribution in [2.24, 2.45) is 0 Å². The normalized spacial score (nSPS) is 10.2. The second-order valence-electron chi connectivity index (χ2n) is 3.89. The van der Waals surface area contributed by atoms with Gasteiger partial charge in [-0.05, 0) is 13.8 Å². The van der Waals surface area contributed by atoms with Gasteiger partial charge in [0, 0.05) is 17.8 Å². The van der Waals surface area contributed by atoms with Crippen LogP contribution in [0.25, 0.3) is 0 Å². The van der Waals surface area contributed by atoms with E-state index in [0.717, 1.165) is 0 Å². The summed E-state index contributed by atoms with van der Waals surface area (Å²) < 4.78 is 5.36. The molecule has 1 aromatic carbocycles. The summed E-state index contributed by atoms with van der Waals surface area (Å²) >= 11 is 0. The molecule has 2 N–H and O–H groups in total. The van der Waals surface area contributed by atoms with E-state index in [2.05, 4.69) is 5.32 Å². The number of nitro benzene ring substituents is 1. The predicted molar refractivity (Wildman–Crippen MR) is 65.0 cm³/mol. The average Bonchev–Trinajstić information content (AvgIpc) is 2.25. The highest BCUT2D eigenvalue weighted by Gasteiger charge is 2.12. The fraction of sp³-hybridized carbons (Fsp3) is 0.364. The van der Waals surface area contributed by atoms with Gasteiger partial charge in [-0.2, -0.15) is 0 Å². The molecule has 0 saturated carbocycles. The third-order valence-electron chi connectivity index (χ3n) is 1.92. The van der Waals surface area contributed by atoms with Crippen molar-refractivity contribution in [3.8, 4) is 5.75 Å². The molecule has 0 saturated heterocycles. The molecule has 0 unspecified atom stereocenters. The quantitative estimate of drug-likeness (QED) is 0.593. The first-order valence-electron chi connectivity index (χ1n) is 5.30. The van der Waals surface area contributed by atoms with Crippen LogP contribution in [0.15, 0.2) is 18.2 Å². The van der Waals surface area contributed by atoms with Gasteiger partial charge in [-0.3, -0.25) is 14.9 Å². The average molecular weight is 254 g/mol. The van der Waals surface area contributed by atoms with Crippen molar-refractivity contribution >= 4 is 17.3 Å². The Hall–Kier alpha value is -2.31. The lowest BCUT2D eigenvalue weighted by atomic mass is 10.2. The fourth-order valence-corrected chi connectivity index (χ4v) is 1.31. The standard InChI is InChI=1S/C11H14N2O5/c1-7(2)18-10-4-8(12-6-11(14)15)3-9(5-10)13(16)17/h3-5,7,12H,6H2,1-2H3,(H,14,15). The summed E-state index contributed by atoms with van der Waals surface area (Å²) in [7, 11) is 0. The zero-order valence-electron chi connectivity index (χ0n) is 10.0. The second kappa shape index (κ2) is 5.85. The molecule has 0 aliphatic carbocycles. The van der Waals surface area contributed by atoms with Crippen LogP contribution < -0.4 is 10.1 Å². The van der Waals surface area contributed by atoms with E-state index in [1.807, 2.05) is 0 Å². The highest BCUT2D eigenvalue weighted by Crippen LogP contribution is 2.26. The van der Waals surface area contributed by atoms with Crippen molar-refractivity contribution in [2.75, 3.05) is 11.9 Å². The lowest BCUT2D eigenvalue weighted by Gasteiger charge is -2.11. The van der Waals surface area contributed by atoms with Crippen molar-refractivity contribution in [1.29, 1.82) is 0 Å². The Balaban J connectivity index is 2.97. The number of carbonyl (C=O) groups is 1. The van der Waals surface area contributed by atoms with Gasteiger partial charge in [0.25, 0.3) is 5.69 Å². The molecule has 0 heterocycles. The Kier molecular flexibility index (Phi) is 4.47. The van der Waals surface area contributed by atoms with Gasteiger partial charge in [-0.25, -0.2) is 0 Å². The molecule has 1 aromatic rings. The first kappa shape index (κ1) is 13.8. The van der Waals surface area contributed by atoms with E-state index in [1.165, 1.54) is 18.2 Å². The molecule has 7 heteroatoms. The Morgan fingerprint density at radius 1 is 1.50 bits per heavy atom. The highest BCUT2D eigenvalue weighted by molar-refractivity contribution is 5.73. The largest absolute Gasteiger partial charge is 0.491 e. The number of non-ortho nitro benzene ring substituents is 1. The summed E-state index contributed by atoms with van der Waals surface area (Å²) in [6, 6.07) is 4.08. The SMILES string of the molecule is CC(C)Oc1cc(NCC(=O)O)cc([N+](=O)[O-])c1. The van der Waals surface area contributed by atoms with Crippen LogP contribution in [0, 0.1) is 10.1 Å². The summed E-state index contributed by atoms with van der Waals surface area (Å²) in [6.45, 7) is 3.27. The number of anilines is 1. The van der Waals surface area contributed by atoms with E-state index in [1.54, 1.807) is 13.8 Å². The smallest absolute Gasteiger partial charge is 0.322 e. The number of nitrogens with zero attached hydrogens (tertiary/aromatic N) is 1. The molecular formula is C11H14N2O5. The Morgan fingerprint density at radius 3 is 2.67 bits per heavy atom. The van der Waals surface area contributed by atoms with Gasteiger partial charge in [0.1, 0.15) is 12.3 Å². The van der Waals surface area contributed by atoms with Crippen LogP contribution in [0.4, 0.5) is 11.4 Å². The molecule has 0 fully saturated rings. The third kappa shape index (κ3) is 4.28. The van der Waals surface area contributed by atoms with Crippen molar-refractivity contribution in [3.05, 3.63) is 28.3 Å². The number of hydrogen-bond acceptors (Lipinski definition) is 5. The zero-order valence-corrected chi connectivity index (χ0v) is 10.0. The second-order valence-corrected chi connectivity index (χ2v) is 3.89. The first-order valence-corrected chi connectivity index (χ1v) is 5.30. The van der Waals surface area contributed by atoms with Crippen LogP contribution >= 0.6 is 0 Å². The van der Waals surface area contributed by atoms with Gasteiger partial charge < -0.3 is 15.2 Å². The lowest BCUT2D eigenvalue weighted by molar-refractivity contribution is -0.384. The third-order valence-corrected chi connectivity index (χ3v) is 1.92. The molecule has 0 amide bonds. The highest BCUT2D eigenvalue weighted by atomic mass is 16.6. The minimum absolute atomic E-state index is 0.126. The lowest BCUT2D eigenvalue weighted by Crippen LogP contribution is -2.13. The number of carboxylic acid groups (broad SMARTS) is 1. The molecule has 7 nitrogen and oxygen atoms in total. The number of rotatable bonds is 6. The number of nitro groups is 1. The molecule has 0 radical (unpaired) electrons.